The maximum absolute atomic E-state index is 11.7. The summed E-state index contributed by atoms with van der Waals surface area (Å²) in [5.41, 5.74) is 2.67. The minimum absolute atomic E-state index is 0.346. The topological polar surface area (TPSA) is 65.2 Å². The van der Waals surface area contributed by atoms with Crippen molar-refractivity contribution in [3.63, 3.8) is 0 Å². The molecular weight excluding hydrogens is 324 g/mol. The molecule has 0 radical (unpaired) electrons. The van der Waals surface area contributed by atoms with Gasteiger partial charge in [0, 0.05) is 11.1 Å². The number of benzene rings is 1. The Morgan fingerprint density at radius 3 is 2.83 bits per heavy atom. The molecule has 0 saturated carbocycles. The normalized spacial score (nSPS) is 11.1. The van der Waals surface area contributed by atoms with Crippen molar-refractivity contribution in [2.75, 3.05) is 6.61 Å². The Balaban J connectivity index is 1.85. The van der Waals surface area contributed by atoms with Crippen LogP contribution in [0.25, 0.3) is 23.4 Å². The first kappa shape index (κ1) is 16.1. The van der Waals surface area contributed by atoms with Crippen LogP contribution in [0.2, 0.25) is 0 Å². The molecule has 122 valence electrons. The summed E-state index contributed by atoms with van der Waals surface area (Å²) in [5, 5.41) is 4.86. The molecule has 3 aromatic rings. The molecule has 24 heavy (non-hydrogen) atoms. The summed E-state index contributed by atoms with van der Waals surface area (Å²) >= 11 is 1.29. The largest absolute Gasteiger partial charge is 0.462 e. The minimum atomic E-state index is -0.346. The van der Waals surface area contributed by atoms with Crippen LogP contribution < -0.4 is 0 Å². The zero-order chi connectivity index (χ0) is 16.9. The number of carbonyl (C=O) groups excluding carboxylic acids is 1. The molecule has 0 aliphatic carbocycles. The Morgan fingerprint density at radius 2 is 2.08 bits per heavy atom. The van der Waals surface area contributed by atoms with Gasteiger partial charge in [0.2, 0.25) is 0 Å². The van der Waals surface area contributed by atoms with Gasteiger partial charge in [0.05, 0.1) is 12.8 Å². The Bertz CT molecular complexity index is 866. The quantitative estimate of drug-likeness (QED) is 0.642. The van der Waals surface area contributed by atoms with Crippen LogP contribution in [0.5, 0.6) is 0 Å². The van der Waals surface area contributed by atoms with Crippen LogP contribution in [0.4, 0.5) is 0 Å². The van der Waals surface area contributed by atoms with Crippen molar-refractivity contribution in [1.82, 2.24) is 10.1 Å². The smallest absolute Gasteiger partial charge is 0.349 e. The molecule has 0 saturated heterocycles. The van der Waals surface area contributed by atoms with E-state index in [1.165, 1.54) is 17.5 Å². The van der Waals surface area contributed by atoms with Crippen molar-refractivity contribution in [3.8, 4) is 11.3 Å². The predicted molar refractivity (Wildman–Crippen MR) is 93.7 cm³/mol. The van der Waals surface area contributed by atoms with Crippen molar-refractivity contribution in [1.29, 1.82) is 0 Å². The molecule has 0 aliphatic rings. The van der Waals surface area contributed by atoms with Crippen LogP contribution >= 0.6 is 11.3 Å². The number of thiazole rings is 1. The van der Waals surface area contributed by atoms with Gasteiger partial charge in [-0.3, -0.25) is 0 Å². The van der Waals surface area contributed by atoms with Crippen LogP contribution in [-0.2, 0) is 4.74 Å². The number of hydrogen-bond donors (Lipinski definition) is 0. The molecule has 3 rings (SSSR count). The fraction of sp³-hybridized carbons (Fsp3) is 0.167. The molecule has 0 spiro atoms. The molecule has 0 fully saturated rings. The molecule has 1 aromatic carbocycles. The summed E-state index contributed by atoms with van der Waals surface area (Å²) < 4.78 is 10.3. The van der Waals surface area contributed by atoms with Gasteiger partial charge in [-0.25, -0.2) is 9.78 Å². The van der Waals surface area contributed by atoms with Gasteiger partial charge in [0.1, 0.15) is 21.3 Å². The van der Waals surface area contributed by atoms with E-state index in [0.717, 1.165) is 27.6 Å². The van der Waals surface area contributed by atoms with Gasteiger partial charge in [-0.2, -0.15) is 0 Å². The van der Waals surface area contributed by atoms with Crippen molar-refractivity contribution < 1.29 is 14.1 Å². The zero-order valence-corrected chi connectivity index (χ0v) is 14.2. The van der Waals surface area contributed by atoms with E-state index >= 15 is 0 Å². The number of rotatable bonds is 5. The van der Waals surface area contributed by atoms with Crippen molar-refractivity contribution in [3.05, 3.63) is 57.7 Å². The van der Waals surface area contributed by atoms with E-state index < -0.39 is 0 Å². The summed E-state index contributed by atoms with van der Waals surface area (Å²) in [5.74, 6) is 0.382. The standard InChI is InChI=1S/C18H16N2O3S/c1-3-22-18(21)15-11-19-16(24-15)10-9-14-12(2)23-20-17(14)13-7-5-4-6-8-13/h4-11H,3H2,1-2H3. The van der Waals surface area contributed by atoms with Gasteiger partial charge in [-0.15, -0.1) is 11.3 Å². The van der Waals surface area contributed by atoms with Crippen LogP contribution in [0.3, 0.4) is 0 Å². The van der Waals surface area contributed by atoms with Gasteiger partial charge in [0.25, 0.3) is 0 Å². The van der Waals surface area contributed by atoms with Gasteiger partial charge >= 0.3 is 5.97 Å². The molecule has 2 heterocycles. The second kappa shape index (κ2) is 7.23. The molecule has 5 nitrogen and oxygen atoms in total. The first-order valence-corrected chi connectivity index (χ1v) is 8.33. The summed E-state index contributed by atoms with van der Waals surface area (Å²) in [4.78, 5) is 16.4. The molecular formula is C18H16N2O3S. The van der Waals surface area contributed by atoms with E-state index in [9.17, 15) is 4.79 Å². The lowest BCUT2D eigenvalue weighted by Gasteiger charge is -1.97. The maximum atomic E-state index is 11.7. The molecule has 0 aliphatic heterocycles. The first-order chi connectivity index (χ1) is 11.7. The number of aryl methyl sites for hydroxylation is 1. The molecule has 6 heteroatoms. The fourth-order valence-electron chi connectivity index (χ4n) is 2.20. The lowest BCUT2D eigenvalue weighted by atomic mass is 10.1. The van der Waals surface area contributed by atoms with E-state index in [1.807, 2.05) is 49.4 Å². The van der Waals surface area contributed by atoms with Crippen LogP contribution in [0.15, 0.2) is 41.1 Å². The lowest BCUT2D eigenvalue weighted by molar-refractivity contribution is 0.0532. The molecule has 0 bridgehead atoms. The fourth-order valence-corrected chi connectivity index (χ4v) is 2.91. The SMILES string of the molecule is CCOC(=O)c1cnc(C=Cc2c(-c3ccccc3)noc2C)s1. The van der Waals surface area contributed by atoms with Gasteiger partial charge in [-0.05, 0) is 26.0 Å². The Morgan fingerprint density at radius 1 is 1.29 bits per heavy atom. The molecule has 0 amide bonds. The third kappa shape index (κ3) is 3.44. The number of esters is 1. The lowest BCUT2D eigenvalue weighted by Crippen LogP contribution is -2.01. The highest BCUT2D eigenvalue weighted by atomic mass is 32.1. The van der Waals surface area contributed by atoms with E-state index in [4.69, 9.17) is 9.26 Å². The van der Waals surface area contributed by atoms with E-state index in [-0.39, 0.29) is 5.97 Å². The summed E-state index contributed by atoms with van der Waals surface area (Å²) in [6.45, 7) is 3.99. The molecule has 0 atom stereocenters. The number of ether oxygens (including phenoxy) is 1. The summed E-state index contributed by atoms with van der Waals surface area (Å²) in [7, 11) is 0. The van der Waals surface area contributed by atoms with Crippen molar-refractivity contribution in [2.45, 2.75) is 13.8 Å². The minimum Gasteiger partial charge on any atom is -0.462 e. The summed E-state index contributed by atoms with van der Waals surface area (Å²) in [6.07, 6.45) is 5.28. The van der Waals surface area contributed by atoms with Gasteiger partial charge < -0.3 is 9.26 Å². The Kier molecular flexibility index (Phi) is 4.86. The highest BCUT2D eigenvalue weighted by molar-refractivity contribution is 7.14. The van der Waals surface area contributed by atoms with Crippen LogP contribution in [0, 0.1) is 6.92 Å². The first-order valence-electron chi connectivity index (χ1n) is 7.51. The summed E-state index contributed by atoms with van der Waals surface area (Å²) in [6, 6.07) is 9.84. The predicted octanol–water partition coefficient (Wildman–Crippen LogP) is 4.45. The average Bonchev–Trinajstić information content (AvgIpc) is 3.21. The monoisotopic (exact) mass is 340 g/mol. The van der Waals surface area contributed by atoms with Crippen molar-refractivity contribution >= 4 is 29.5 Å². The number of aromatic nitrogens is 2. The molecule has 0 N–H and O–H groups in total. The van der Waals surface area contributed by atoms with Crippen LogP contribution in [-0.4, -0.2) is 22.7 Å². The van der Waals surface area contributed by atoms with E-state index in [0.29, 0.717) is 11.5 Å². The molecule has 0 unspecified atom stereocenters. The third-order valence-corrected chi connectivity index (χ3v) is 4.29. The maximum Gasteiger partial charge on any atom is 0.349 e. The highest BCUT2D eigenvalue weighted by Gasteiger charge is 2.13. The second-order valence-corrected chi connectivity index (χ2v) is 6.05. The third-order valence-electron chi connectivity index (χ3n) is 3.35. The zero-order valence-electron chi connectivity index (χ0n) is 13.4. The van der Waals surface area contributed by atoms with Gasteiger partial charge in [-0.1, -0.05) is 35.5 Å². The number of carbonyl (C=O) groups is 1. The van der Waals surface area contributed by atoms with Gasteiger partial charge in [0.15, 0.2) is 0 Å². The van der Waals surface area contributed by atoms with Crippen LogP contribution in [0.1, 0.15) is 32.9 Å². The highest BCUT2D eigenvalue weighted by Crippen LogP contribution is 2.27. The molecule has 2 aromatic heterocycles. The van der Waals surface area contributed by atoms with Crippen molar-refractivity contribution in [2.24, 2.45) is 0 Å². The number of nitrogens with zero attached hydrogens (tertiary/aromatic N) is 2. The second-order valence-electron chi connectivity index (χ2n) is 4.98. The van der Waals surface area contributed by atoms with E-state index in [2.05, 4.69) is 10.1 Å². The average molecular weight is 340 g/mol. The van der Waals surface area contributed by atoms with E-state index in [1.54, 1.807) is 6.92 Å². The Hall–Kier alpha value is -2.73. The number of hydrogen-bond acceptors (Lipinski definition) is 6. The Labute approximate surface area is 143 Å².